The van der Waals surface area contributed by atoms with Crippen LogP contribution in [0.1, 0.15) is 117 Å². The van der Waals surface area contributed by atoms with Gasteiger partial charge in [-0.2, -0.15) is 0 Å². The largest absolute Gasteiger partial charge is 0.371 e. The van der Waals surface area contributed by atoms with Crippen LogP contribution in [0.4, 0.5) is 9.59 Å². The number of amides is 8. The molecular weight excluding hydrogens is 857 g/mol. The Balaban J connectivity index is 0.993. The van der Waals surface area contributed by atoms with E-state index in [4.69, 9.17) is 4.74 Å². The van der Waals surface area contributed by atoms with Crippen molar-refractivity contribution in [1.82, 2.24) is 40.5 Å². The second-order valence-electron chi connectivity index (χ2n) is 19.5. The van der Waals surface area contributed by atoms with E-state index in [0.29, 0.717) is 51.6 Å². The number of urea groups is 2. The van der Waals surface area contributed by atoms with Crippen molar-refractivity contribution in [2.75, 3.05) is 26.2 Å². The summed E-state index contributed by atoms with van der Waals surface area (Å²) in [6.45, 7) is 3.84. The molecule has 0 spiro atoms. The van der Waals surface area contributed by atoms with E-state index in [1.165, 1.54) is 9.80 Å². The summed E-state index contributed by atoms with van der Waals surface area (Å²) >= 11 is 0. The summed E-state index contributed by atoms with van der Waals surface area (Å²) < 4.78 is 61.4. The molecule has 0 aromatic heterocycles. The quantitative estimate of drug-likeness (QED) is 0.189. The molecule has 348 valence electrons. The van der Waals surface area contributed by atoms with Gasteiger partial charge in [-0.1, -0.05) is 37.1 Å². The van der Waals surface area contributed by atoms with Crippen LogP contribution in [0.5, 0.6) is 0 Å². The van der Waals surface area contributed by atoms with Gasteiger partial charge in [0, 0.05) is 50.9 Å². The topological polar surface area (TPSA) is 259 Å². The van der Waals surface area contributed by atoms with Gasteiger partial charge in [0.1, 0.15) is 23.2 Å². The molecule has 8 atom stereocenters. The van der Waals surface area contributed by atoms with Crippen LogP contribution in [-0.2, 0) is 44.0 Å². The van der Waals surface area contributed by atoms with Gasteiger partial charge in [-0.15, -0.1) is 0 Å². The molecule has 8 rings (SSSR count). The summed E-state index contributed by atoms with van der Waals surface area (Å²) in [7, 11) is -8.02. The Morgan fingerprint density at radius 3 is 1.41 bits per heavy atom. The lowest BCUT2D eigenvalue weighted by Gasteiger charge is -2.27. The Hall–Kier alpha value is -4.24. The SMILES string of the molecule is CC1(S(=O)(=O)NC(=O)C23CC2/C=C\CCCCCNC(=O)N2CC(OC4CC5C(=O)NC6(C(=O)NS(=O)(=O)C7(C)CC7)CC6/C=C\CCCCCNC(=O)N5C4)CC2C(=O)N3)CC1. The van der Waals surface area contributed by atoms with E-state index in [-0.39, 0.29) is 38.8 Å². The van der Waals surface area contributed by atoms with Crippen molar-refractivity contribution in [3.8, 4) is 0 Å². The molecule has 4 aliphatic carbocycles. The van der Waals surface area contributed by atoms with E-state index >= 15 is 0 Å². The number of hydrogen-bond donors (Lipinski definition) is 6. The summed E-state index contributed by atoms with van der Waals surface area (Å²) in [5.74, 6) is -3.82. The Morgan fingerprint density at radius 1 is 0.635 bits per heavy atom. The fraction of sp³-hybridized carbons (Fsp3) is 0.762. The Labute approximate surface area is 369 Å². The van der Waals surface area contributed by atoms with E-state index in [9.17, 15) is 45.6 Å². The minimum Gasteiger partial charge on any atom is -0.371 e. The fourth-order valence-corrected chi connectivity index (χ4v) is 12.0. The first kappa shape index (κ1) is 45.3. The predicted molar refractivity (Wildman–Crippen MR) is 228 cm³/mol. The van der Waals surface area contributed by atoms with E-state index in [1.54, 1.807) is 13.8 Å². The lowest BCUT2D eigenvalue weighted by molar-refractivity contribution is -0.131. The van der Waals surface area contributed by atoms with Gasteiger partial charge in [-0.3, -0.25) is 28.6 Å². The first-order chi connectivity index (χ1) is 29.8. The maximum absolute atomic E-state index is 14.3. The van der Waals surface area contributed by atoms with Gasteiger partial charge in [0.05, 0.1) is 21.7 Å². The summed E-state index contributed by atoms with van der Waals surface area (Å²) in [5, 5.41) is 11.5. The number of sulfonamides is 2. The highest BCUT2D eigenvalue weighted by atomic mass is 32.2. The smallest absolute Gasteiger partial charge is 0.318 e. The van der Waals surface area contributed by atoms with Gasteiger partial charge >= 0.3 is 12.1 Å². The first-order valence-corrected chi connectivity index (χ1v) is 25.6. The molecule has 63 heavy (non-hydrogen) atoms. The third kappa shape index (κ3) is 9.19. The third-order valence-corrected chi connectivity index (χ3v) is 18.9. The average molecular weight is 919 g/mol. The van der Waals surface area contributed by atoms with Crippen molar-refractivity contribution >= 4 is 55.7 Å². The van der Waals surface area contributed by atoms with Crippen LogP contribution in [0.25, 0.3) is 0 Å². The molecule has 4 aliphatic heterocycles. The van der Waals surface area contributed by atoms with Crippen molar-refractivity contribution in [1.29, 1.82) is 0 Å². The van der Waals surface area contributed by atoms with Crippen LogP contribution in [-0.4, -0.2) is 133 Å². The van der Waals surface area contributed by atoms with Crippen molar-refractivity contribution < 1.29 is 50.3 Å². The molecule has 19 nitrogen and oxygen atoms in total. The molecule has 8 aliphatic rings. The second-order valence-corrected chi connectivity index (χ2v) is 23.9. The van der Waals surface area contributed by atoms with E-state index < -0.39 is 112 Å². The van der Waals surface area contributed by atoms with Gasteiger partial charge in [0.25, 0.3) is 11.8 Å². The molecular formula is C42H62N8O11S2. The van der Waals surface area contributed by atoms with Gasteiger partial charge in [0.15, 0.2) is 0 Å². The van der Waals surface area contributed by atoms with Crippen LogP contribution in [0.15, 0.2) is 24.3 Å². The molecule has 21 heteroatoms. The second kappa shape index (κ2) is 17.0. The van der Waals surface area contributed by atoms with Crippen LogP contribution < -0.4 is 30.7 Å². The van der Waals surface area contributed by atoms with Gasteiger partial charge in [-0.05, 0) is 90.9 Å². The normalized spacial score (nSPS) is 36.5. The zero-order valence-electron chi connectivity index (χ0n) is 36.1. The number of hydrogen-bond acceptors (Lipinski definition) is 11. The molecule has 4 heterocycles. The standard InChI is InChI=1S/C42H62N8O11S2/c1-39(15-16-39)62(57,58)47-35(53)41-23-27(41)13-9-5-3-7-11-19-43-37(55)49-25-29(21-31(49)33(51)45-41)61-30-22-32-34(52)46-42(36(54)48-63(59,60)40(2)17-18-40)24-28(42)14-10-6-4-8-12-20-44-38(56)50(32)26-30/h9-10,13-14,27-32H,3-8,11-12,15-26H2,1-2H3,(H,43,55)(H,44,56)(H,45,51)(H,46,52)(H,47,53)(H,48,54)/b13-9-,14-10-. The molecule has 0 radical (unpaired) electrons. The van der Waals surface area contributed by atoms with Crippen molar-refractivity contribution in [2.45, 2.75) is 161 Å². The number of ether oxygens (including phenoxy) is 1. The molecule has 8 amide bonds. The summed E-state index contributed by atoms with van der Waals surface area (Å²) in [6, 6.07) is -3.20. The maximum atomic E-state index is 14.3. The number of fused-ring (bicyclic) bond motifs is 4. The minimum atomic E-state index is -4.01. The molecule has 4 saturated carbocycles. The fourth-order valence-electron chi connectivity index (χ4n) is 9.38. The molecule has 8 unspecified atom stereocenters. The summed E-state index contributed by atoms with van der Waals surface area (Å²) in [5.41, 5.74) is -3.06. The zero-order chi connectivity index (χ0) is 45.0. The molecule has 6 fully saturated rings. The van der Waals surface area contributed by atoms with Gasteiger partial charge in [-0.25, -0.2) is 26.4 Å². The molecule has 2 saturated heterocycles. The number of carbonyl (C=O) groups is 6. The van der Waals surface area contributed by atoms with Crippen LogP contribution in [0, 0.1) is 11.8 Å². The number of nitrogens with one attached hydrogen (secondary N) is 6. The average Bonchev–Trinajstić information content (AvgIpc) is 4.18. The van der Waals surface area contributed by atoms with Crippen molar-refractivity contribution in [2.24, 2.45) is 11.8 Å². The monoisotopic (exact) mass is 918 g/mol. The van der Waals surface area contributed by atoms with Crippen LogP contribution in [0.3, 0.4) is 0 Å². The summed E-state index contributed by atoms with van der Waals surface area (Å²) in [6.07, 6.45) is 14.4. The molecule has 0 aromatic rings. The number of allylic oxidation sites excluding steroid dienone is 2. The minimum absolute atomic E-state index is 0.0120. The lowest BCUT2D eigenvalue weighted by Crippen LogP contribution is -2.57. The molecule has 0 bridgehead atoms. The van der Waals surface area contributed by atoms with Gasteiger partial charge in [0.2, 0.25) is 31.9 Å². The number of nitrogens with zero attached hydrogens (tertiary/aromatic N) is 2. The molecule has 6 N–H and O–H groups in total. The Bertz CT molecular complexity index is 2030. The van der Waals surface area contributed by atoms with Crippen molar-refractivity contribution in [3.05, 3.63) is 24.3 Å². The van der Waals surface area contributed by atoms with Gasteiger partial charge < -0.3 is 35.8 Å². The number of rotatable bonds is 8. The highest BCUT2D eigenvalue weighted by molar-refractivity contribution is 7.92. The zero-order valence-corrected chi connectivity index (χ0v) is 37.8. The highest BCUT2D eigenvalue weighted by Gasteiger charge is 2.64. The van der Waals surface area contributed by atoms with E-state index in [0.717, 1.165) is 38.5 Å². The Kier molecular flexibility index (Phi) is 12.2. The summed E-state index contributed by atoms with van der Waals surface area (Å²) in [4.78, 5) is 86.3. The predicted octanol–water partition coefficient (Wildman–Crippen LogP) is 1.32. The lowest BCUT2D eigenvalue weighted by atomic mass is 10.1. The first-order valence-electron chi connectivity index (χ1n) is 22.7. The third-order valence-electron chi connectivity index (χ3n) is 14.6. The Morgan fingerprint density at radius 2 is 1.03 bits per heavy atom. The maximum Gasteiger partial charge on any atom is 0.318 e. The van der Waals surface area contributed by atoms with E-state index in [1.807, 2.05) is 24.3 Å². The van der Waals surface area contributed by atoms with Crippen LogP contribution >= 0.6 is 0 Å². The van der Waals surface area contributed by atoms with Crippen LogP contribution in [0.2, 0.25) is 0 Å². The van der Waals surface area contributed by atoms with E-state index in [2.05, 4.69) is 30.7 Å². The van der Waals surface area contributed by atoms with Crippen molar-refractivity contribution in [3.63, 3.8) is 0 Å². The number of carbonyl (C=O) groups excluding carboxylic acids is 6. The molecule has 0 aromatic carbocycles. The highest BCUT2D eigenvalue weighted by Crippen LogP contribution is 2.49.